The molecule has 2 aromatic rings. The zero-order valence-electron chi connectivity index (χ0n) is 8.93. The third-order valence-corrected chi connectivity index (χ3v) is 3.77. The van der Waals surface area contributed by atoms with Gasteiger partial charge in [0, 0.05) is 0 Å². The SMILES string of the molecule is Cc1nn(-c2nc(Cl)c(Cl)cc2Cl)c(C)c1Cl. The molecule has 0 spiro atoms. The van der Waals surface area contributed by atoms with Gasteiger partial charge in [0.2, 0.25) is 0 Å². The van der Waals surface area contributed by atoms with E-state index in [4.69, 9.17) is 46.4 Å². The van der Waals surface area contributed by atoms with Crippen LogP contribution in [0.1, 0.15) is 11.4 Å². The van der Waals surface area contributed by atoms with Gasteiger partial charge in [0.15, 0.2) is 5.82 Å². The highest BCUT2D eigenvalue weighted by Gasteiger charge is 2.16. The fraction of sp³-hybridized carbons (Fsp3) is 0.200. The third kappa shape index (κ3) is 2.25. The maximum absolute atomic E-state index is 6.06. The second-order valence-corrected chi connectivity index (χ2v) is 5.01. The van der Waals surface area contributed by atoms with E-state index in [1.807, 2.05) is 6.92 Å². The van der Waals surface area contributed by atoms with Gasteiger partial charge in [-0.05, 0) is 19.9 Å². The van der Waals surface area contributed by atoms with E-state index in [-0.39, 0.29) is 5.15 Å². The minimum Gasteiger partial charge on any atom is -0.216 e. The summed E-state index contributed by atoms with van der Waals surface area (Å²) in [5, 5.41) is 5.66. The number of halogens is 4. The van der Waals surface area contributed by atoms with E-state index in [9.17, 15) is 0 Å². The van der Waals surface area contributed by atoms with Gasteiger partial charge < -0.3 is 0 Å². The van der Waals surface area contributed by atoms with Crippen molar-refractivity contribution in [2.45, 2.75) is 13.8 Å². The van der Waals surface area contributed by atoms with E-state index in [0.717, 1.165) is 5.69 Å². The molecule has 17 heavy (non-hydrogen) atoms. The highest BCUT2D eigenvalue weighted by Crippen LogP contribution is 2.30. The molecule has 2 rings (SSSR count). The highest BCUT2D eigenvalue weighted by atomic mass is 35.5. The first kappa shape index (κ1) is 13.0. The van der Waals surface area contributed by atoms with E-state index >= 15 is 0 Å². The Hall–Kier alpha value is -0.480. The molecule has 0 aromatic carbocycles. The van der Waals surface area contributed by atoms with Crippen LogP contribution in [0.2, 0.25) is 20.2 Å². The lowest BCUT2D eigenvalue weighted by molar-refractivity contribution is 0.806. The molecule has 0 atom stereocenters. The normalized spacial score (nSPS) is 10.9. The Kier molecular flexibility index (Phi) is 3.55. The molecule has 3 nitrogen and oxygen atoms in total. The zero-order chi connectivity index (χ0) is 12.7. The smallest absolute Gasteiger partial charge is 0.174 e. The van der Waals surface area contributed by atoms with Crippen molar-refractivity contribution < 1.29 is 0 Å². The third-order valence-electron chi connectivity index (χ3n) is 2.27. The van der Waals surface area contributed by atoms with Gasteiger partial charge in [0.05, 0.1) is 26.5 Å². The first-order valence-electron chi connectivity index (χ1n) is 4.65. The van der Waals surface area contributed by atoms with Gasteiger partial charge in [-0.25, -0.2) is 9.67 Å². The summed E-state index contributed by atoms with van der Waals surface area (Å²) in [6, 6.07) is 1.53. The van der Waals surface area contributed by atoms with Crippen LogP contribution in [0, 0.1) is 13.8 Å². The maximum atomic E-state index is 6.06. The minimum absolute atomic E-state index is 0.176. The molecule has 0 saturated carbocycles. The first-order chi connectivity index (χ1) is 7.91. The molecule has 0 radical (unpaired) electrons. The zero-order valence-corrected chi connectivity index (χ0v) is 12.0. The molecule has 0 aliphatic heterocycles. The molecule has 0 bridgehead atoms. The molecular weight excluding hydrogens is 304 g/mol. The highest BCUT2D eigenvalue weighted by molar-refractivity contribution is 6.42. The van der Waals surface area contributed by atoms with Crippen LogP contribution in [-0.2, 0) is 0 Å². The number of rotatable bonds is 1. The molecule has 0 aliphatic carbocycles. The van der Waals surface area contributed by atoms with Crippen LogP contribution in [0.25, 0.3) is 5.82 Å². The van der Waals surface area contributed by atoms with Crippen molar-refractivity contribution in [2.75, 3.05) is 0 Å². The average molecular weight is 311 g/mol. The van der Waals surface area contributed by atoms with Gasteiger partial charge in [0.1, 0.15) is 5.15 Å². The quantitative estimate of drug-likeness (QED) is 0.726. The van der Waals surface area contributed by atoms with Crippen molar-refractivity contribution >= 4 is 46.4 Å². The largest absolute Gasteiger partial charge is 0.216 e. The Balaban J connectivity index is 2.68. The predicted molar refractivity (Wildman–Crippen MR) is 70.9 cm³/mol. The molecule has 0 unspecified atom stereocenters. The average Bonchev–Trinajstić information content (AvgIpc) is 2.51. The van der Waals surface area contributed by atoms with Crippen LogP contribution < -0.4 is 0 Å². The summed E-state index contributed by atoms with van der Waals surface area (Å²) in [6.07, 6.45) is 0. The van der Waals surface area contributed by atoms with E-state index in [1.54, 1.807) is 11.6 Å². The molecule has 0 amide bonds. The number of hydrogen-bond acceptors (Lipinski definition) is 2. The Morgan fingerprint density at radius 2 is 1.71 bits per heavy atom. The summed E-state index contributed by atoms with van der Waals surface area (Å²) in [5.41, 5.74) is 1.45. The van der Waals surface area contributed by atoms with Crippen molar-refractivity contribution in [3.05, 3.63) is 37.7 Å². The van der Waals surface area contributed by atoms with Gasteiger partial charge in [0.25, 0.3) is 0 Å². The summed E-state index contributed by atoms with van der Waals surface area (Å²) >= 11 is 23.8. The fourth-order valence-electron chi connectivity index (χ4n) is 1.41. The molecular formula is C10H7Cl4N3. The number of aryl methyl sites for hydroxylation is 1. The molecule has 2 heterocycles. The Bertz CT molecular complexity index is 592. The topological polar surface area (TPSA) is 30.7 Å². The molecule has 0 fully saturated rings. The summed E-state index contributed by atoms with van der Waals surface area (Å²) in [6.45, 7) is 3.63. The van der Waals surface area contributed by atoms with Gasteiger partial charge in [-0.15, -0.1) is 0 Å². The molecule has 90 valence electrons. The van der Waals surface area contributed by atoms with Gasteiger partial charge >= 0.3 is 0 Å². The van der Waals surface area contributed by atoms with Crippen LogP contribution in [-0.4, -0.2) is 14.8 Å². The molecule has 0 aliphatic rings. The maximum Gasteiger partial charge on any atom is 0.174 e. The van der Waals surface area contributed by atoms with Gasteiger partial charge in [-0.1, -0.05) is 46.4 Å². The Morgan fingerprint density at radius 1 is 1.06 bits per heavy atom. The van der Waals surface area contributed by atoms with Crippen LogP contribution >= 0.6 is 46.4 Å². The van der Waals surface area contributed by atoms with E-state index in [0.29, 0.717) is 26.6 Å². The lowest BCUT2D eigenvalue weighted by Gasteiger charge is -2.07. The Morgan fingerprint density at radius 3 is 2.24 bits per heavy atom. The van der Waals surface area contributed by atoms with Crippen molar-refractivity contribution in [1.82, 2.24) is 14.8 Å². The lowest BCUT2D eigenvalue weighted by atomic mass is 10.4. The lowest BCUT2D eigenvalue weighted by Crippen LogP contribution is -2.03. The van der Waals surface area contributed by atoms with E-state index in [2.05, 4.69) is 10.1 Å². The monoisotopic (exact) mass is 309 g/mol. The van der Waals surface area contributed by atoms with Crippen LogP contribution in [0.5, 0.6) is 0 Å². The summed E-state index contributed by atoms with van der Waals surface area (Å²) < 4.78 is 1.54. The standard InChI is InChI=1S/C10H7Cl4N3/c1-4-8(13)5(2)17(16-4)10-7(12)3-6(11)9(14)15-10/h3H,1-2H3. The van der Waals surface area contributed by atoms with Crippen molar-refractivity contribution in [2.24, 2.45) is 0 Å². The fourth-order valence-corrected chi connectivity index (χ4v) is 2.10. The van der Waals surface area contributed by atoms with E-state index in [1.165, 1.54) is 6.07 Å². The van der Waals surface area contributed by atoms with Gasteiger partial charge in [-0.3, -0.25) is 0 Å². The summed E-state index contributed by atoms with van der Waals surface area (Å²) in [4.78, 5) is 4.10. The molecule has 0 N–H and O–H groups in total. The predicted octanol–water partition coefficient (Wildman–Crippen LogP) is 4.50. The second-order valence-electron chi connectivity index (χ2n) is 3.46. The second kappa shape index (κ2) is 4.65. The Labute approximate surface area is 118 Å². The number of aromatic nitrogens is 3. The summed E-state index contributed by atoms with van der Waals surface area (Å²) in [5.74, 6) is 0.411. The minimum atomic E-state index is 0.176. The number of nitrogens with zero attached hydrogens (tertiary/aromatic N) is 3. The molecule has 2 aromatic heterocycles. The number of pyridine rings is 1. The van der Waals surface area contributed by atoms with Crippen LogP contribution in [0.15, 0.2) is 6.07 Å². The number of hydrogen-bond donors (Lipinski definition) is 0. The van der Waals surface area contributed by atoms with Crippen molar-refractivity contribution in [1.29, 1.82) is 0 Å². The summed E-state index contributed by atoms with van der Waals surface area (Å²) in [7, 11) is 0. The van der Waals surface area contributed by atoms with Crippen LogP contribution in [0.3, 0.4) is 0 Å². The van der Waals surface area contributed by atoms with Gasteiger partial charge in [-0.2, -0.15) is 5.10 Å². The van der Waals surface area contributed by atoms with E-state index < -0.39 is 0 Å². The van der Waals surface area contributed by atoms with Crippen molar-refractivity contribution in [3.63, 3.8) is 0 Å². The van der Waals surface area contributed by atoms with Crippen molar-refractivity contribution in [3.8, 4) is 5.82 Å². The first-order valence-corrected chi connectivity index (χ1v) is 6.16. The molecule has 0 saturated heterocycles. The van der Waals surface area contributed by atoms with Crippen LogP contribution in [0.4, 0.5) is 0 Å². The molecule has 7 heteroatoms.